The number of anilines is 1. The highest BCUT2D eigenvalue weighted by molar-refractivity contribution is 6.00. The van der Waals surface area contributed by atoms with Gasteiger partial charge in [0.15, 0.2) is 5.82 Å². The molecule has 4 fully saturated rings. The molecular weight excluding hydrogens is 625 g/mol. The number of benzene rings is 2. The molecule has 0 saturated carbocycles. The normalized spacial score (nSPS) is 25.4. The van der Waals surface area contributed by atoms with Gasteiger partial charge in [-0.05, 0) is 43.0 Å². The van der Waals surface area contributed by atoms with Crippen molar-refractivity contribution in [2.45, 2.75) is 49.5 Å². The lowest BCUT2D eigenvalue weighted by Gasteiger charge is -2.41. The maximum atomic E-state index is 16.7. The fourth-order valence-corrected chi connectivity index (χ4v) is 7.77. The van der Waals surface area contributed by atoms with Crippen molar-refractivity contribution in [3.63, 3.8) is 0 Å². The summed E-state index contributed by atoms with van der Waals surface area (Å²) in [5, 5.41) is 23.8. The van der Waals surface area contributed by atoms with Crippen molar-refractivity contribution < 1.29 is 27.8 Å². The molecule has 248 valence electrons. The third-order valence-corrected chi connectivity index (χ3v) is 10.1. The number of hydrogen-bond acceptors (Lipinski definition) is 10. The molecule has 0 bridgehead atoms. The van der Waals surface area contributed by atoms with Crippen LogP contribution in [0, 0.1) is 23.0 Å². The Bertz CT molecular complexity index is 1990. The Kier molecular flexibility index (Phi) is 7.48. The Balaban J connectivity index is 1.22. The number of rotatable bonds is 7. The van der Waals surface area contributed by atoms with Gasteiger partial charge in [-0.15, -0.1) is 0 Å². The summed E-state index contributed by atoms with van der Waals surface area (Å²) >= 11 is 0. The number of carbonyl (C=O) groups excluding carboxylic acids is 1. The number of piperazine rings is 1. The summed E-state index contributed by atoms with van der Waals surface area (Å²) in [5.74, 6) is -1.38. The number of halogens is 3. The standard InChI is InChI=1S/C34H33F3N8O3/c35-20-13-34(6-2-8-44(34)16-20)18-48-33-41-30-24(31(42-33)43-9-10-45(21(17-43)5-7-38)32(47)26-15-39-26)14-40-29(28(30)37)23-12-22(46)11-19-3-1-4-25(36)27(19)23/h1,3-4,11-12,14,20-21,26,39,46H,2,5-6,8-10,13,15-18H2/t20-,21+,26+,34+/m1/s1. The van der Waals surface area contributed by atoms with Gasteiger partial charge in [-0.1, -0.05) is 12.1 Å². The lowest BCUT2D eigenvalue weighted by atomic mass is 9.95. The van der Waals surface area contributed by atoms with Crippen LogP contribution in [-0.2, 0) is 4.79 Å². The van der Waals surface area contributed by atoms with Crippen LogP contribution in [0.15, 0.2) is 36.5 Å². The summed E-state index contributed by atoms with van der Waals surface area (Å²) in [6.07, 6.45) is 2.54. The van der Waals surface area contributed by atoms with Gasteiger partial charge in [-0.3, -0.25) is 14.7 Å². The van der Waals surface area contributed by atoms with E-state index in [-0.39, 0.29) is 70.8 Å². The van der Waals surface area contributed by atoms with Gasteiger partial charge in [0.1, 0.15) is 41.4 Å². The highest BCUT2D eigenvalue weighted by atomic mass is 19.1. The molecule has 2 N–H and O–H groups in total. The van der Waals surface area contributed by atoms with Crippen LogP contribution in [0.2, 0.25) is 0 Å². The zero-order chi connectivity index (χ0) is 33.2. The maximum Gasteiger partial charge on any atom is 0.319 e. The van der Waals surface area contributed by atoms with Crippen LogP contribution >= 0.6 is 0 Å². The van der Waals surface area contributed by atoms with E-state index in [1.54, 1.807) is 11.0 Å². The second-order valence-corrected chi connectivity index (χ2v) is 13.2. The third kappa shape index (κ3) is 5.21. The van der Waals surface area contributed by atoms with Gasteiger partial charge in [-0.2, -0.15) is 15.2 Å². The molecule has 2 aromatic carbocycles. The molecule has 11 nitrogen and oxygen atoms in total. The fourth-order valence-electron chi connectivity index (χ4n) is 7.77. The van der Waals surface area contributed by atoms with E-state index in [1.165, 1.54) is 30.5 Å². The number of phenolic OH excluding ortho intramolecular Hbond substituents is 1. The number of carbonyl (C=O) groups is 1. The number of nitrogens with zero attached hydrogens (tertiary/aromatic N) is 7. The zero-order valence-corrected chi connectivity index (χ0v) is 26.0. The number of pyridine rings is 1. The van der Waals surface area contributed by atoms with Gasteiger partial charge >= 0.3 is 6.01 Å². The summed E-state index contributed by atoms with van der Waals surface area (Å²) < 4.78 is 52.6. The molecule has 0 unspecified atom stereocenters. The van der Waals surface area contributed by atoms with Crippen LogP contribution < -0.4 is 15.0 Å². The summed E-state index contributed by atoms with van der Waals surface area (Å²) in [7, 11) is 0. The first-order valence-electron chi connectivity index (χ1n) is 16.2. The molecule has 0 aliphatic carbocycles. The summed E-state index contributed by atoms with van der Waals surface area (Å²) in [6.45, 7) is 2.75. The second-order valence-electron chi connectivity index (χ2n) is 13.2. The van der Waals surface area contributed by atoms with Crippen LogP contribution in [0.3, 0.4) is 0 Å². The fraction of sp³-hybridized carbons (Fsp3) is 0.441. The molecule has 8 rings (SSSR count). The Labute approximate surface area is 273 Å². The second kappa shape index (κ2) is 11.7. The first-order valence-corrected chi connectivity index (χ1v) is 16.2. The van der Waals surface area contributed by atoms with Crippen molar-refractivity contribution in [2.24, 2.45) is 0 Å². The molecule has 4 aliphatic rings. The smallest absolute Gasteiger partial charge is 0.319 e. The SMILES string of the molecule is N#CC[C@H]1CN(c2nc(OC[C@@]34CCCN3C[C@H](F)C4)nc3c(F)c(-c4cc(O)cc5cccc(F)c45)ncc23)CCN1C(=O)[C@@H]1CN1. The highest BCUT2D eigenvalue weighted by Crippen LogP contribution is 2.41. The van der Waals surface area contributed by atoms with E-state index in [0.29, 0.717) is 43.8 Å². The largest absolute Gasteiger partial charge is 0.508 e. The highest BCUT2D eigenvalue weighted by Gasteiger charge is 2.49. The number of ether oxygens (including phenoxy) is 1. The molecule has 48 heavy (non-hydrogen) atoms. The number of nitriles is 1. The number of phenols is 1. The zero-order valence-electron chi connectivity index (χ0n) is 26.0. The van der Waals surface area contributed by atoms with E-state index >= 15 is 8.78 Å². The Morgan fingerprint density at radius 3 is 2.85 bits per heavy atom. The van der Waals surface area contributed by atoms with Gasteiger partial charge in [0.25, 0.3) is 0 Å². The maximum absolute atomic E-state index is 16.7. The number of alkyl halides is 1. The predicted octanol–water partition coefficient (Wildman–Crippen LogP) is 3.69. The Hall–Kier alpha value is -4.74. The van der Waals surface area contributed by atoms with Crippen LogP contribution in [0.1, 0.15) is 25.7 Å². The van der Waals surface area contributed by atoms with E-state index < -0.39 is 29.4 Å². The molecular formula is C34H33F3N8O3. The number of fused-ring (bicyclic) bond motifs is 3. The van der Waals surface area contributed by atoms with Crippen molar-refractivity contribution >= 4 is 33.4 Å². The molecule has 4 aliphatic heterocycles. The molecule has 4 atom stereocenters. The average Bonchev–Trinajstić information content (AvgIpc) is 3.78. The summed E-state index contributed by atoms with van der Waals surface area (Å²) in [6, 6.07) is 8.42. The van der Waals surface area contributed by atoms with E-state index in [9.17, 15) is 19.6 Å². The Morgan fingerprint density at radius 1 is 1.19 bits per heavy atom. The lowest BCUT2D eigenvalue weighted by Crippen LogP contribution is -2.56. The van der Waals surface area contributed by atoms with Gasteiger partial charge in [0.2, 0.25) is 5.91 Å². The lowest BCUT2D eigenvalue weighted by molar-refractivity contribution is -0.133. The van der Waals surface area contributed by atoms with Gasteiger partial charge in [0.05, 0.1) is 35.5 Å². The molecule has 4 saturated heterocycles. The van der Waals surface area contributed by atoms with Crippen molar-refractivity contribution in [1.29, 1.82) is 5.26 Å². The van der Waals surface area contributed by atoms with Gasteiger partial charge in [0, 0.05) is 56.3 Å². The molecule has 4 aromatic rings. The van der Waals surface area contributed by atoms with Crippen LogP contribution in [0.5, 0.6) is 11.8 Å². The minimum Gasteiger partial charge on any atom is -0.508 e. The van der Waals surface area contributed by atoms with Gasteiger partial charge in [-0.25, -0.2) is 13.2 Å². The molecule has 14 heteroatoms. The number of nitrogens with one attached hydrogen (secondary N) is 1. The van der Waals surface area contributed by atoms with E-state index in [2.05, 4.69) is 26.3 Å². The topological polar surface area (TPSA) is 141 Å². The van der Waals surface area contributed by atoms with E-state index in [1.807, 2.05) is 4.90 Å². The van der Waals surface area contributed by atoms with Crippen molar-refractivity contribution in [1.82, 2.24) is 30.1 Å². The molecule has 0 radical (unpaired) electrons. The number of aromatic nitrogens is 3. The molecule has 2 aromatic heterocycles. The first kappa shape index (κ1) is 30.6. The summed E-state index contributed by atoms with van der Waals surface area (Å²) in [4.78, 5) is 32.3. The minimum absolute atomic E-state index is 0.0560. The van der Waals surface area contributed by atoms with Crippen LogP contribution in [0.4, 0.5) is 19.0 Å². The van der Waals surface area contributed by atoms with Crippen LogP contribution in [-0.4, -0.2) is 105 Å². The number of amides is 1. The predicted molar refractivity (Wildman–Crippen MR) is 170 cm³/mol. The van der Waals surface area contributed by atoms with Crippen molar-refractivity contribution in [3.8, 4) is 29.1 Å². The van der Waals surface area contributed by atoms with Crippen LogP contribution in [0.25, 0.3) is 32.9 Å². The number of aromatic hydroxyl groups is 1. The van der Waals surface area contributed by atoms with Gasteiger partial charge < -0.3 is 25.0 Å². The molecule has 6 heterocycles. The quantitative estimate of drug-likeness (QED) is 0.283. The van der Waals surface area contributed by atoms with E-state index in [4.69, 9.17) is 9.72 Å². The average molecular weight is 659 g/mol. The third-order valence-electron chi connectivity index (χ3n) is 10.1. The molecule has 0 spiro atoms. The monoisotopic (exact) mass is 658 g/mol. The van der Waals surface area contributed by atoms with Crippen molar-refractivity contribution in [2.75, 3.05) is 50.8 Å². The minimum atomic E-state index is -0.965. The summed E-state index contributed by atoms with van der Waals surface area (Å²) in [5.41, 5.74) is -0.782. The first-order chi connectivity index (χ1) is 23.2. The van der Waals surface area contributed by atoms with E-state index in [0.717, 1.165) is 19.4 Å². The molecule has 1 amide bonds. The Morgan fingerprint density at radius 2 is 2.04 bits per heavy atom. The van der Waals surface area contributed by atoms with Crippen molar-refractivity contribution in [3.05, 3.63) is 48.2 Å². The number of hydrogen-bond donors (Lipinski definition) is 2.